The Morgan fingerprint density at radius 3 is 2.50 bits per heavy atom. The van der Waals surface area contributed by atoms with Crippen LogP contribution < -0.4 is 5.32 Å². The van der Waals surface area contributed by atoms with Crippen LogP contribution in [-0.4, -0.2) is 15.7 Å². The Kier molecular flexibility index (Phi) is 4.39. The molecule has 0 saturated carbocycles. The van der Waals surface area contributed by atoms with Crippen molar-refractivity contribution in [2.24, 2.45) is 7.05 Å². The molecule has 2 rings (SSSR count). The van der Waals surface area contributed by atoms with E-state index in [1.165, 1.54) is 7.05 Å². The van der Waals surface area contributed by atoms with Gasteiger partial charge in [0.15, 0.2) is 5.69 Å². The molecule has 0 spiro atoms. The Morgan fingerprint density at radius 2 is 1.95 bits per heavy atom. The van der Waals surface area contributed by atoms with E-state index < -0.39 is 22.8 Å². The van der Waals surface area contributed by atoms with E-state index in [1.54, 1.807) is 25.1 Å². The van der Waals surface area contributed by atoms with Crippen molar-refractivity contribution in [1.29, 1.82) is 0 Å². The Balaban J connectivity index is 2.39. The molecule has 0 aliphatic rings. The van der Waals surface area contributed by atoms with Crippen LogP contribution >= 0.6 is 23.2 Å². The first-order valence-corrected chi connectivity index (χ1v) is 6.74. The van der Waals surface area contributed by atoms with Crippen LogP contribution in [-0.2, 0) is 13.2 Å². The fraction of sp³-hybridized carbons (Fsp3) is 0.231. The number of alkyl halides is 3. The second-order valence-corrected chi connectivity index (χ2v) is 5.28. The van der Waals surface area contributed by atoms with Crippen molar-refractivity contribution >= 4 is 34.8 Å². The minimum Gasteiger partial charge on any atom is -0.320 e. The van der Waals surface area contributed by atoms with Gasteiger partial charge < -0.3 is 5.32 Å². The first kappa shape index (κ1) is 16.6. The number of carbonyl (C=O) groups is 1. The van der Waals surface area contributed by atoms with Crippen molar-refractivity contribution in [3.05, 3.63) is 45.2 Å². The van der Waals surface area contributed by atoms with Gasteiger partial charge in [-0.1, -0.05) is 29.3 Å². The molecule has 9 heteroatoms. The number of nitrogens with zero attached hydrogens (tertiary/aromatic N) is 2. The largest absolute Gasteiger partial charge is 0.436 e. The molecule has 0 fully saturated rings. The second kappa shape index (κ2) is 5.81. The van der Waals surface area contributed by atoms with Crippen molar-refractivity contribution in [3.8, 4) is 0 Å². The molecule has 118 valence electrons. The zero-order valence-electron chi connectivity index (χ0n) is 11.4. The van der Waals surface area contributed by atoms with Crippen LogP contribution in [0.15, 0.2) is 18.2 Å². The number of hydrogen-bond donors (Lipinski definition) is 1. The zero-order valence-corrected chi connectivity index (χ0v) is 12.9. The van der Waals surface area contributed by atoms with Crippen LogP contribution in [0.1, 0.15) is 21.7 Å². The Hall–Kier alpha value is -1.73. The van der Waals surface area contributed by atoms with Gasteiger partial charge >= 0.3 is 6.18 Å². The Bertz CT molecular complexity index is 741. The molecule has 1 amide bonds. The summed E-state index contributed by atoms with van der Waals surface area (Å²) in [5.41, 5.74) is -0.715. The number of aryl methyl sites for hydroxylation is 1. The zero-order chi connectivity index (χ0) is 16.7. The van der Waals surface area contributed by atoms with Gasteiger partial charge in [-0.05, 0) is 24.6 Å². The predicted molar refractivity (Wildman–Crippen MR) is 77.4 cm³/mol. The minimum absolute atomic E-state index is 0.378. The van der Waals surface area contributed by atoms with E-state index in [2.05, 4.69) is 10.4 Å². The molecule has 1 heterocycles. The predicted octanol–water partition coefficient (Wildman–Crippen LogP) is 4.31. The summed E-state index contributed by atoms with van der Waals surface area (Å²) in [6.45, 7) is 1.67. The summed E-state index contributed by atoms with van der Waals surface area (Å²) >= 11 is 11.6. The lowest BCUT2D eigenvalue weighted by atomic mass is 10.2. The second-order valence-electron chi connectivity index (χ2n) is 4.50. The third-order valence-corrected chi connectivity index (χ3v) is 3.76. The average Bonchev–Trinajstić information content (AvgIpc) is 2.70. The van der Waals surface area contributed by atoms with Gasteiger partial charge in [-0.2, -0.15) is 18.3 Å². The number of amides is 1. The van der Waals surface area contributed by atoms with Crippen LogP contribution in [0.4, 0.5) is 18.9 Å². The Morgan fingerprint density at radius 1 is 1.32 bits per heavy atom. The monoisotopic (exact) mass is 351 g/mol. The molecule has 0 unspecified atom stereocenters. The fourth-order valence-corrected chi connectivity index (χ4v) is 2.38. The highest BCUT2D eigenvalue weighted by Crippen LogP contribution is 2.35. The highest BCUT2D eigenvalue weighted by molar-refractivity contribution is 6.35. The number of hydrogen-bond acceptors (Lipinski definition) is 2. The van der Waals surface area contributed by atoms with Crippen LogP contribution in [0.3, 0.4) is 0 Å². The van der Waals surface area contributed by atoms with Gasteiger partial charge in [0.1, 0.15) is 10.7 Å². The van der Waals surface area contributed by atoms with Crippen LogP contribution in [0.25, 0.3) is 0 Å². The minimum atomic E-state index is -4.74. The average molecular weight is 352 g/mol. The van der Waals surface area contributed by atoms with E-state index in [0.29, 0.717) is 16.3 Å². The quantitative estimate of drug-likeness (QED) is 0.876. The summed E-state index contributed by atoms with van der Waals surface area (Å²) in [4.78, 5) is 12.2. The number of halogens is 5. The highest BCUT2D eigenvalue weighted by Gasteiger charge is 2.39. The molecule has 0 saturated heterocycles. The summed E-state index contributed by atoms with van der Waals surface area (Å²) in [6, 6.07) is 4.82. The van der Waals surface area contributed by atoms with E-state index in [9.17, 15) is 18.0 Å². The SMILES string of the molecule is Cc1c(Cl)cccc1NC(=O)c1c(Cl)c(C(F)(F)F)nn1C. The number of nitrogens with one attached hydrogen (secondary N) is 1. The molecular weight excluding hydrogens is 342 g/mol. The van der Waals surface area contributed by atoms with Crippen molar-refractivity contribution < 1.29 is 18.0 Å². The van der Waals surface area contributed by atoms with Gasteiger partial charge in [0.05, 0.1) is 0 Å². The lowest BCUT2D eigenvalue weighted by Crippen LogP contribution is -2.17. The number of benzene rings is 1. The van der Waals surface area contributed by atoms with E-state index >= 15 is 0 Å². The smallest absolute Gasteiger partial charge is 0.320 e. The summed E-state index contributed by atoms with van der Waals surface area (Å²) in [5.74, 6) is -0.805. The van der Waals surface area contributed by atoms with E-state index in [-0.39, 0.29) is 5.69 Å². The van der Waals surface area contributed by atoms with E-state index in [4.69, 9.17) is 23.2 Å². The first-order valence-electron chi connectivity index (χ1n) is 5.99. The summed E-state index contributed by atoms with van der Waals surface area (Å²) < 4.78 is 39.0. The van der Waals surface area contributed by atoms with Gasteiger partial charge in [-0.15, -0.1) is 0 Å². The molecule has 1 aromatic heterocycles. The maximum absolute atomic E-state index is 12.7. The summed E-state index contributed by atoms with van der Waals surface area (Å²) in [7, 11) is 1.21. The van der Waals surface area contributed by atoms with Gasteiger partial charge in [0.25, 0.3) is 5.91 Å². The number of anilines is 1. The molecule has 0 bridgehead atoms. The van der Waals surface area contributed by atoms with Crippen LogP contribution in [0.5, 0.6) is 0 Å². The van der Waals surface area contributed by atoms with Crippen molar-refractivity contribution in [1.82, 2.24) is 9.78 Å². The lowest BCUT2D eigenvalue weighted by molar-refractivity contribution is -0.141. The van der Waals surface area contributed by atoms with Crippen LogP contribution in [0.2, 0.25) is 10.0 Å². The highest BCUT2D eigenvalue weighted by atomic mass is 35.5. The third kappa shape index (κ3) is 3.05. The van der Waals surface area contributed by atoms with Crippen LogP contribution in [0, 0.1) is 6.92 Å². The standard InChI is InChI=1S/C13H10Cl2F3N3O/c1-6-7(14)4-3-5-8(6)19-12(22)10-9(15)11(13(16,17)18)20-21(10)2/h3-5H,1-2H3,(H,19,22). The van der Waals surface area contributed by atoms with Crippen molar-refractivity contribution in [2.45, 2.75) is 13.1 Å². The van der Waals surface area contributed by atoms with Gasteiger partial charge in [-0.25, -0.2) is 0 Å². The van der Waals surface area contributed by atoms with Gasteiger partial charge in [0, 0.05) is 17.8 Å². The molecule has 4 nitrogen and oxygen atoms in total. The number of rotatable bonds is 2. The summed E-state index contributed by atoms with van der Waals surface area (Å²) in [5, 5.41) is 5.41. The molecule has 22 heavy (non-hydrogen) atoms. The van der Waals surface area contributed by atoms with Crippen molar-refractivity contribution in [2.75, 3.05) is 5.32 Å². The first-order chi connectivity index (χ1) is 10.1. The third-order valence-electron chi connectivity index (χ3n) is 2.99. The maximum atomic E-state index is 12.7. The molecule has 1 aromatic carbocycles. The van der Waals surface area contributed by atoms with Gasteiger partial charge in [0.2, 0.25) is 0 Å². The molecule has 0 aliphatic carbocycles. The maximum Gasteiger partial charge on any atom is 0.436 e. The number of carbonyl (C=O) groups excluding carboxylic acids is 1. The Labute approximate surface area is 133 Å². The fourth-order valence-electron chi connectivity index (χ4n) is 1.85. The van der Waals surface area contributed by atoms with E-state index in [0.717, 1.165) is 4.68 Å². The topological polar surface area (TPSA) is 46.9 Å². The molecular formula is C13H10Cl2F3N3O. The lowest BCUT2D eigenvalue weighted by Gasteiger charge is -2.09. The van der Waals surface area contributed by atoms with Crippen molar-refractivity contribution in [3.63, 3.8) is 0 Å². The molecule has 2 aromatic rings. The number of aromatic nitrogens is 2. The van der Waals surface area contributed by atoms with Gasteiger partial charge in [-0.3, -0.25) is 9.48 Å². The molecule has 0 radical (unpaired) electrons. The molecule has 0 atom stereocenters. The molecule has 0 aliphatic heterocycles. The summed E-state index contributed by atoms with van der Waals surface area (Å²) in [6.07, 6.45) is -4.74. The van der Waals surface area contributed by atoms with E-state index in [1.807, 2.05) is 0 Å². The normalized spacial score (nSPS) is 11.6. The molecule has 1 N–H and O–H groups in total.